The van der Waals surface area contributed by atoms with Crippen molar-refractivity contribution in [3.05, 3.63) is 13.2 Å². The maximum absolute atomic E-state index is 8.98. The molecule has 0 fully saturated rings. The molecule has 0 N–H and O–H groups in total. The van der Waals surface area contributed by atoms with Gasteiger partial charge >= 0.3 is 4.70 Å². The van der Waals surface area contributed by atoms with E-state index in [2.05, 4.69) is 36.4 Å². The molecule has 36 valence electrons. The number of halogens is 2. The van der Waals surface area contributed by atoms with Gasteiger partial charge in [0.1, 0.15) is 0 Å². The molecular weight excluding hydrogens is 123 g/mol. The summed E-state index contributed by atoms with van der Waals surface area (Å²) in [5, 5.41) is 0. The first-order valence-corrected chi connectivity index (χ1v) is 1.84. The number of hydrogen-bond acceptors (Lipinski definition) is 1. The number of carbonyl (C=O) groups excluding carboxylic acids is 1. The van der Waals surface area contributed by atoms with Crippen molar-refractivity contribution in [2.24, 2.45) is 0 Å². The van der Waals surface area contributed by atoms with Gasteiger partial charge in [0.25, 0.3) is 0 Å². The van der Waals surface area contributed by atoms with E-state index in [1.807, 2.05) is 0 Å². The summed E-state index contributed by atoms with van der Waals surface area (Å²) < 4.78 is -0.889. The van der Waals surface area contributed by atoms with Gasteiger partial charge in [0, 0.05) is 0 Å². The highest BCUT2D eigenvalue weighted by Gasteiger charge is 1.72. The van der Waals surface area contributed by atoms with Gasteiger partial charge in [-0.2, -0.15) is 0 Å². The summed E-state index contributed by atoms with van der Waals surface area (Å²) in [5.41, 5.74) is 0. The van der Waals surface area contributed by atoms with Crippen LogP contribution in [0.2, 0.25) is 0 Å². The molecule has 0 heterocycles. The Balaban J connectivity index is 0. The number of carbonyl (C=O) groups is 1. The van der Waals surface area contributed by atoms with Gasteiger partial charge in [-0.3, -0.25) is 4.79 Å². The highest BCUT2D eigenvalue weighted by Crippen LogP contribution is 1.84. The molecule has 0 aromatic heterocycles. The third-order valence-corrected chi connectivity index (χ3v) is 0. The quantitative estimate of drug-likeness (QED) is 0.360. The van der Waals surface area contributed by atoms with Crippen LogP contribution in [0.25, 0.3) is 0 Å². The van der Waals surface area contributed by atoms with E-state index >= 15 is 0 Å². The van der Waals surface area contributed by atoms with Crippen LogP contribution in [-0.4, -0.2) is 4.70 Å². The summed E-state index contributed by atoms with van der Waals surface area (Å²) in [6.45, 7) is 6.00. The van der Waals surface area contributed by atoms with Crippen LogP contribution in [0.3, 0.4) is 0 Å². The van der Waals surface area contributed by atoms with Crippen LogP contribution in [0.4, 0.5) is 4.79 Å². The summed E-state index contributed by atoms with van der Waals surface area (Å²) >= 11 is 8.80. The van der Waals surface area contributed by atoms with Gasteiger partial charge in [-0.25, -0.2) is 0 Å². The van der Waals surface area contributed by atoms with Gasteiger partial charge < -0.3 is 0 Å². The average Bonchev–Trinajstić information content (AvgIpc) is 1.41. The highest BCUT2D eigenvalue weighted by atomic mass is 35.5. The fourth-order valence-corrected chi connectivity index (χ4v) is 0. The van der Waals surface area contributed by atoms with Crippen molar-refractivity contribution in [2.45, 2.75) is 0 Å². The molecule has 0 unspecified atom stereocenters. The minimum atomic E-state index is -0.889. The first-order valence-electron chi connectivity index (χ1n) is 1.08. The molecular formula is C3H4Cl2O. The molecule has 0 bridgehead atoms. The highest BCUT2D eigenvalue weighted by molar-refractivity contribution is 6.93. The maximum atomic E-state index is 8.98. The second kappa shape index (κ2) is 8.89. The van der Waals surface area contributed by atoms with E-state index < -0.39 is 4.70 Å². The van der Waals surface area contributed by atoms with Gasteiger partial charge in [-0.05, 0) is 23.2 Å². The molecule has 0 spiro atoms. The number of rotatable bonds is 0. The normalized spacial score (nSPS) is 5.00. The van der Waals surface area contributed by atoms with E-state index in [1.54, 1.807) is 0 Å². The first-order chi connectivity index (χ1) is 2.73. The van der Waals surface area contributed by atoms with Gasteiger partial charge in [0.15, 0.2) is 0 Å². The molecule has 0 rings (SSSR count). The monoisotopic (exact) mass is 126 g/mol. The number of hydrogen-bond donors (Lipinski definition) is 0. The largest absolute Gasteiger partial charge is 0.313 e. The van der Waals surface area contributed by atoms with Crippen LogP contribution >= 0.6 is 23.2 Å². The van der Waals surface area contributed by atoms with E-state index in [1.165, 1.54) is 0 Å². The van der Waals surface area contributed by atoms with Crippen molar-refractivity contribution < 1.29 is 4.79 Å². The third-order valence-electron chi connectivity index (χ3n) is 0. The van der Waals surface area contributed by atoms with Crippen LogP contribution in [0, 0.1) is 0 Å². The van der Waals surface area contributed by atoms with E-state index in [9.17, 15) is 0 Å². The molecule has 0 saturated carbocycles. The Morgan fingerprint density at radius 2 is 1.33 bits per heavy atom. The minimum Gasteiger partial charge on any atom is -0.262 e. The minimum absolute atomic E-state index is 0.889. The van der Waals surface area contributed by atoms with E-state index in [0.717, 1.165) is 0 Å². The smallest absolute Gasteiger partial charge is 0.262 e. The lowest BCUT2D eigenvalue weighted by atomic mass is 11.3. The summed E-state index contributed by atoms with van der Waals surface area (Å²) in [6, 6.07) is 0. The third kappa shape index (κ3) is 357000. The van der Waals surface area contributed by atoms with Gasteiger partial charge in [0.2, 0.25) is 0 Å². The zero-order valence-corrected chi connectivity index (χ0v) is 4.59. The SMILES string of the molecule is C=C.O=C(Cl)Cl. The van der Waals surface area contributed by atoms with Crippen molar-refractivity contribution in [1.82, 2.24) is 0 Å². The molecule has 1 nitrogen and oxygen atoms in total. The van der Waals surface area contributed by atoms with Crippen molar-refractivity contribution in [3.63, 3.8) is 0 Å². The molecule has 0 aromatic carbocycles. The van der Waals surface area contributed by atoms with Crippen LogP contribution in [0.5, 0.6) is 0 Å². The maximum Gasteiger partial charge on any atom is 0.313 e. The lowest BCUT2D eigenvalue weighted by molar-refractivity contribution is 0.275. The fraction of sp³-hybridized carbons (Fsp3) is 0. The second-order valence-corrected chi connectivity index (χ2v) is 1.11. The standard InChI is InChI=1S/C2H4.CCl2O/c1-2;2-1(3)4/h1-2H2;. The lowest BCUT2D eigenvalue weighted by Crippen LogP contribution is -1.46. The van der Waals surface area contributed by atoms with E-state index in [0.29, 0.717) is 0 Å². The van der Waals surface area contributed by atoms with Gasteiger partial charge in [-0.1, -0.05) is 0 Å². The Kier molecular flexibility index (Phi) is 13.9. The average molecular weight is 127 g/mol. The fourth-order valence-electron chi connectivity index (χ4n) is 0. The lowest BCUT2D eigenvalue weighted by Gasteiger charge is -1.48. The van der Waals surface area contributed by atoms with Crippen molar-refractivity contribution in [1.29, 1.82) is 0 Å². The van der Waals surface area contributed by atoms with Gasteiger partial charge in [0.05, 0.1) is 0 Å². The molecule has 0 aliphatic heterocycles. The molecule has 6 heavy (non-hydrogen) atoms. The first kappa shape index (κ1) is 9.37. The zero-order valence-electron chi connectivity index (χ0n) is 3.08. The van der Waals surface area contributed by atoms with Crippen LogP contribution in [0.1, 0.15) is 0 Å². The summed E-state index contributed by atoms with van der Waals surface area (Å²) in [6.07, 6.45) is 0. The molecule has 0 aromatic rings. The molecule has 0 saturated heterocycles. The topological polar surface area (TPSA) is 17.1 Å². The van der Waals surface area contributed by atoms with Crippen molar-refractivity contribution in [3.8, 4) is 0 Å². The Morgan fingerprint density at radius 1 is 1.33 bits per heavy atom. The Bertz CT molecular complexity index is 40.1. The van der Waals surface area contributed by atoms with Crippen molar-refractivity contribution in [2.75, 3.05) is 0 Å². The predicted octanol–water partition coefficient (Wildman–Crippen LogP) is 2.39. The summed E-state index contributed by atoms with van der Waals surface area (Å²) in [7, 11) is 0. The van der Waals surface area contributed by atoms with E-state index in [-0.39, 0.29) is 0 Å². The Labute approximate surface area is 46.6 Å². The van der Waals surface area contributed by atoms with Crippen LogP contribution in [0.15, 0.2) is 13.2 Å². The Morgan fingerprint density at radius 3 is 1.33 bits per heavy atom. The zero-order chi connectivity index (χ0) is 5.58. The van der Waals surface area contributed by atoms with Crippen molar-refractivity contribution >= 4 is 27.9 Å². The summed E-state index contributed by atoms with van der Waals surface area (Å²) in [5.74, 6) is 0. The Hall–Kier alpha value is -0.0100. The van der Waals surface area contributed by atoms with Crippen LogP contribution in [-0.2, 0) is 0 Å². The predicted molar refractivity (Wildman–Crippen MR) is 28.4 cm³/mol. The van der Waals surface area contributed by atoms with E-state index in [4.69, 9.17) is 4.79 Å². The van der Waals surface area contributed by atoms with Gasteiger partial charge in [-0.15, -0.1) is 13.2 Å². The molecule has 0 amide bonds. The molecule has 3 heteroatoms. The molecule has 0 aliphatic rings. The molecule has 0 aliphatic carbocycles. The van der Waals surface area contributed by atoms with Crippen LogP contribution < -0.4 is 0 Å². The molecule has 0 atom stereocenters. The summed E-state index contributed by atoms with van der Waals surface area (Å²) in [4.78, 5) is 8.98. The molecule has 0 radical (unpaired) electrons. The second-order valence-electron chi connectivity index (χ2n) is 0.226.